The van der Waals surface area contributed by atoms with Gasteiger partial charge in [-0.3, -0.25) is 4.90 Å². The molecule has 0 bridgehead atoms. The van der Waals surface area contributed by atoms with E-state index in [4.69, 9.17) is 4.74 Å². The van der Waals surface area contributed by atoms with Crippen molar-refractivity contribution < 1.29 is 4.74 Å². The highest BCUT2D eigenvalue weighted by atomic mass is 16.5. The monoisotopic (exact) mass is 410 g/mol. The van der Waals surface area contributed by atoms with Crippen LogP contribution in [0.25, 0.3) is 32.7 Å². The number of hydrogen-bond acceptors (Lipinski definition) is 3. The molecule has 31 heavy (non-hydrogen) atoms. The number of nitrogens with zero attached hydrogens (tertiary/aromatic N) is 2. The lowest BCUT2D eigenvalue weighted by atomic mass is 9.86. The van der Waals surface area contributed by atoms with Crippen LogP contribution in [0.3, 0.4) is 0 Å². The quantitative estimate of drug-likeness (QED) is 0.429. The first-order valence-electron chi connectivity index (χ1n) is 11.2. The van der Waals surface area contributed by atoms with Gasteiger partial charge >= 0.3 is 0 Å². The second kappa shape index (κ2) is 8.80. The highest BCUT2D eigenvalue weighted by Gasteiger charge is 2.19. The normalized spacial score (nSPS) is 15.2. The van der Waals surface area contributed by atoms with Gasteiger partial charge in [0, 0.05) is 26.2 Å². The maximum absolute atomic E-state index is 5.60. The molecule has 4 aromatic carbocycles. The average molecular weight is 411 g/mol. The molecule has 0 radical (unpaired) electrons. The SMILES string of the molecule is CN(C)Cc1ccc2ccccc2c1-c1c(CN2CCOCC2)ccc2ccccc12. The Morgan fingerprint density at radius 3 is 1.87 bits per heavy atom. The Morgan fingerprint density at radius 2 is 1.26 bits per heavy atom. The first kappa shape index (κ1) is 20.2. The largest absolute Gasteiger partial charge is 0.379 e. The van der Waals surface area contributed by atoms with Gasteiger partial charge in [0.15, 0.2) is 0 Å². The van der Waals surface area contributed by atoms with Gasteiger partial charge in [0.05, 0.1) is 13.2 Å². The molecular formula is C28H30N2O. The van der Waals surface area contributed by atoms with E-state index in [9.17, 15) is 0 Å². The number of rotatable bonds is 5. The van der Waals surface area contributed by atoms with Crippen molar-refractivity contribution in [3.63, 3.8) is 0 Å². The zero-order valence-corrected chi connectivity index (χ0v) is 18.5. The lowest BCUT2D eigenvalue weighted by Crippen LogP contribution is -2.35. The molecule has 0 spiro atoms. The molecule has 158 valence electrons. The molecule has 3 heteroatoms. The van der Waals surface area contributed by atoms with Gasteiger partial charge in [-0.25, -0.2) is 0 Å². The fourth-order valence-electron chi connectivity index (χ4n) is 4.83. The van der Waals surface area contributed by atoms with Crippen molar-refractivity contribution in [1.29, 1.82) is 0 Å². The number of hydrogen-bond donors (Lipinski definition) is 0. The molecule has 0 saturated carbocycles. The van der Waals surface area contributed by atoms with E-state index in [1.54, 1.807) is 0 Å². The Bertz CT molecular complexity index is 1210. The zero-order chi connectivity index (χ0) is 21.2. The molecule has 0 amide bonds. The molecule has 0 unspecified atom stereocenters. The van der Waals surface area contributed by atoms with Crippen LogP contribution in [-0.4, -0.2) is 50.2 Å². The maximum atomic E-state index is 5.60. The van der Waals surface area contributed by atoms with Crippen LogP contribution in [0.5, 0.6) is 0 Å². The summed E-state index contributed by atoms with van der Waals surface area (Å²) in [7, 11) is 4.30. The van der Waals surface area contributed by atoms with Crippen LogP contribution in [0.15, 0.2) is 72.8 Å². The highest BCUT2D eigenvalue weighted by Crippen LogP contribution is 2.40. The lowest BCUT2D eigenvalue weighted by Gasteiger charge is -2.28. The van der Waals surface area contributed by atoms with Crippen molar-refractivity contribution in [3.8, 4) is 11.1 Å². The van der Waals surface area contributed by atoms with Crippen LogP contribution in [0.2, 0.25) is 0 Å². The van der Waals surface area contributed by atoms with Gasteiger partial charge in [-0.1, -0.05) is 72.8 Å². The Morgan fingerprint density at radius 1 is 0.710 bits per heavy atom. The summed E-state index contributed by atoms with van der Waals surface area (Å²) < 4.78 is 5.60. The number of morpholine rings is 1. The summed E-state index contributed by atoms with van der Waals surface area (Å²) in [6.07, 6.45) is 0. The van der Waals surface area contributed by atoms with Crippen LogP contribution in [0, 0.1) is 0 Å². The maximum Gasteiger partial charge on any atom is 0.0594 e. The average Bonchev–Trinajstić information content (AvgIpc) is 2.80. The number of fused-ring (bicyclic) bond motifs is 2. The van der Waals surface area contributed by atoms with E-state index in [-0.39, 0.29) is 0 Å². The number of benzene rings is 4. The van der Waals surface area contributed by atoms with Gasteiger partial charge in [-0.2, -0.15) is 0 Å². The molecule has 0 N–H and O–H groups in total. The summed E-state index contributed by atoms with van der Waals surface area (Å²) in [5.74, 6) is 0. The topological polar surface area (TPSA) is 15.7 Å². The molecule has 0 aromatic heterocycles. The molecule has 1 aliphatic rings. The smallest absolute Gasteiger partial charge is 0.0594 e. The minimum Gasteiger partial charge on any atom is -0.379 e. The van der Waals surface area contributed by atoms with Gasteiger partial charge in [0.1, 0.15) is 0 Å². The van der Waals surface area contributed by atoms with Gasteiger partial charge in [-0.05, 0) is 57.9 Å². The summed E-state index contributed by atoms with van der Waals surface area (Å²) >= 11 is 0. The van der Waals surface area contributed by atoms with Crippen molar-refractivity contribution in [2.24, 2.45) is 0 Å². The first-order valence-corrected chi connectivity index (χ1v) is 11.2. The minimum absolute atomic E-state index is 0.822. The second-order valence-electron chi connectivity index (χ2n) is 8.77. The molecule has 0 atom stereocenters. The van der Waals surface area contributed by atoms with E-state index >= 15 is 0 Å². The van der Waals surface area contributed by atoms with Crippen LogP contribution in [0.1, 0.15) is 11.1 Å². The summed E-state index contributed by atoms with van der Waals surface area (Å²) in [6, 6.07) is 26.8. The van der Waals surface area contributed by atoms with E-state index < -0.39 is 0 Å². The van der Waals surface area contributed by atoms with E-state index in [0.29, 0.717) is 0 Å². The van der Waals surface area contributed by atoms with E-state index in [2.05, 4.69) is 96.7 Å². The van der Waals surface area contributed by atoms with E-state index in [0.717, 1.165) is 39.4 Å². The van der Waals surface area contributed by atoms with Gasteiger partial charge in [-0.15, -0.1) is 0 Å². The molecular weight excluding hydrogens is 380 g/mol. The van der Waals surface area contributed by atoms with Crippen molar-refractivity contribution in [2.75, 3.05) is 40.4 Å². The zero-order valence-electron chi connectivity index (χ0n) is 18.5. The summed E-state index contributed by atoms with van der Waals surface area (Å²) in [5, 5.41) is 5.27. The molecule has 4 aromatic rings. The van der Waals surface area contributed by atoms with E-state index in [1.165, 1.54) is 43.8 Å². The summed E-state index contributed by atoms with van der Waals surface area (Å²) in [4.78, 5) is 4.79. The molecule has 1 heterocycles. The van der Waals surface area contributed by atoms with Crippen molar-refractivity contribution >= 4 is 21.5 Å². The van der Waals surface area contributed by atoms with Gasteiger partial charge in [0.25, 0.3) is 0 Å². The third kappa shape index (κ3) is 4.09. The van der Waals surface area contributed by atoms with Gasteiger partial charge < -0.3 is 9.64 Å². The molecule has 1 fully saturated rings. The first-order chi connectivity index (χ1) is 15.2. The predicted molar refractivity (Wildman–Crippen MR) is 130 cm³/mol. The van der Waals surface area contributed by atoms with Crippen molar-refractivity contribution in [3.05, 3.63) is 83.9 Å². The van der Waals surface area contributed by atoms with Crippen LogP contribution >= 0.6 is 0 Å². The van der Waals surface area contributed by atoms with Crippen LogP contribution < -0.4 is 0 Å². The van der Waals surface area contributed by atoms with Gasteiger partial charge in [0.2, 0.25) is 0 Å². The Balaban J connectivity index is 1.79. The fourth-order valence-corrected chi connectivity index (χ4v) is 4.83. The molecule has 3 nitrogen and oxygen atoms in total. The Hall–Kier alpha value is -2.72. The van der Waals surface area contributed by atoms with Crippen LogP contribution in [0.4, 0.5) is 0 Å². The Kier molecular flexibility index (Phi) is 5.73. The van der Waals surface area contributed by atoms with E-state index in [1.807, 2.05) is 0 Å². The molecule has 5 rings (SSSR count). The highest BCUT2D eigenvalue weighted by molar-refractivity contribution is 6.07. The van der Waals surface area contributed by atoms with Crippen LogP contribution in [-0.2, 0) is 17.8 Å². The second-order valence-corrected chi connectivity index (χ2v) is 8.77. The Labute approximate surface area is 184 Å². The lowest BCUT2D eigenvalue weighted by molar-refractivity contribution is 0.0343. The van der Waals surface area contributed by atoms with Crippen molar-refractivity contribution in [1.82, 2.24) is 9.80 Å². The molecule has 1 saturated heterocycles. The fraction of sp³-hybridized carbons (Fsp3) is 0.286. The van der Waals surface area contributed by atoms with Crippen molar-refractivity contribution in [2.45, 2.75) is 13.1 Å². The summed E-state index contributed by atoms with van der Waals surface area (Å²) in [6.45, 7) is 5.50. The molecule has 0 aliphatic carbocycles. The standard InChI is InChI=1S/C28H30N2O/c1-29(2)19-23-13-11-21-7-3-5-9-25(21)27(23)28-24(20-30-15-17-31-18-16-30)14-12-22-8-4-6-10-26(22)28/h3-14H,15-20H2,1-2H3. The third-order valence-electron chi connectivity index (χ3n) is 6.26. The molecule has 1 aliphatic heterocycles. The third-order valence-corrected chi connectivity index (χ3v) is 6.26. The summed E-state index contributed by atoms with van der Waals surface area (Å²) in [5.41, 5.74) is 5.55. The minimum atomic E-state index is 0.822. The predicted octanol–water partition coefficient (Wildman–Crippen LogP) is 5.55. The number of ether oxygens (including phenoxy) is 1.